The standard InChI is InChI=1S/C23H18FN3O2S/c24-17-10-8-16(9-11-17)22(29)27-23-25-18(14-30-23)12-13-21(28)26-20-7-3-5-15-4-1-2-6-19(15)20/h1-11,14H,12-13H2,(H,26,28)(H,25,27,29). The maximum atomic E-state index is 13.0. The molecule has 0 aliphatic carbocycles. The molecule has 1 aromatic heterocycles. The SMILES string of the molecule is O=C(CCc1csc(NC(=O)c2ccc(F)cc2)n1)Nc1cccc2ccccc12. The second-order valence-corrected chi connectivity index (χ2v) is 7.54. The van der Waals surface area contributed by atoms with Crippen molar-refractivity contribution < 1.29 is 14.0 Å². The van der Waals surface area contributed by atoms with Crippen LogP contribution in [0.1, 0.15) is 22.5 Å². The summed E-state index contributed by atoms with van der Waals surface area (Å²) in [6.45, 7) is 0. The zero-order valence-corrected chi connectivity index (χ0v) is 16.7. The minimum atomic E-state index is -0.398. The molecule has 0 fully saturated rings. The molecule has 0 aliphatic rings. The first-order valence-corrected chi connectivity index (χ1v) is 10.3. The van der Waals surface area contributed by atoms with Crippen molar-refractivity contribution in [1.82, 2.24) is 4.98 Å². The molecule has 1 heterocycles. The maximum absolute atomic E-state index is 13.0. The molecule has 0 radical (unpaired) electrons. The fourth-order valence-corrected chi connectivity index (χ4v) is 3.78. The topological polar surface area (TPSA) is 71.1 Å². The van der Waals surface area contributed by atoms with Crippen LogP contribution in [0.2, 0.25) is 0 Å². The molecule has 2 N–H and O–H groups in total. The van der Waals surface area contributed by atoms with Crippen LogP contribution in [0.15, 0.2) is 72.1 Å². The van der Waals surface area contributed by atoms with Crippen LogP contribution in [0.5, 0.6) is 0 Å². The fraction of sp³-hybridized carbons (Fsp3) is 0.0870. The van der Waals surface area contributed by atoms with E-state index < -0.39 is 5.82 Å². The molecule has 150 valence electrons. The smallest absolute Gasteiger partial charge is 0.257 e. The van der Waals surface area contributed by atoms with E-state index in [-0.39, 0.29) is 18.2 Å². The van der Waals surface area contributed by atoms with Gasteiger partial charge in [0.2, 0.25) is 5.91 Å². The number of hydrogen-bond acceptors (Lipinski definition) is 4. The number of nitrogens with one attached hydrogen (secondary N) is 2. The quantitative estimate of drug-likeness (QED) is 0.448. The largest absolute Gasteiger partial charge is 0.326 e. The van der Waals surface area contributed by atoms with E-state index in [1.165, 1.54) is 35.6 Å². The van der Waals surface area contributed by atoms with Gasteiger partial charge in [0.1, 0.15) is 5.82 Å². The van der Waals surface area contributed by atoms with Gasteiger partial charge in [0.15, 0.2) is 5.13 Å². The monoisotopic (exact) mass is 419 g/mol. The molecular formula is C23H18FN3O2S. The highest BCUT2D eigenvalue weighted by Gasteiger charge is 2.11. The number of carbonyl (C=O) groups is 2. The minimum Gasteiger partial charge on any atom is -0.326 e. The Kier molecular flexibility index (Phi) is 5.81. The Morgan fingerprint density at radius 3 is 2.53 bits per heavy atom. The van der Waals surface area contributed by atoms with Crippen molar-refractivity contribution in [1.29, 1.82) is 0 Å². The first kappa shape index (κ1) is 19.7. The molecule has 30 heavy (non-hydrogen) atoms. The highest BCUT2D eigenvalue weighted by Crippen LogP contribution is 2.23. The highest BCUT2D eigenvalue weighted by atomic mass is 32.1. The predicted octanol–water partition coefficient (Wildman–Crippen LogP) is 5.26. The van der Waals surface area contributed by atoms with E-state index in [0.717, 1.165) is 22.2 Å². The summed E-state index contributed by atoms with van der Waals surface area (Å²) in [6.07, 6.45) is 0.734. The summed E-state index contributed by atoms with van der Waals surface area (Å²) in [6, 6.07) is 19.0. The average Bonchev–Trinajstić information content (AvgIpc) is 3.20. The Balaban J connectivity index is 1.33. The number of carbonyl (C=O) groups excluding carboxylic acids is 2. The maximum Gasteiger partial charge on any atom is 0.257 e. The molecule has 0 spiro atoms. The Labute approximate surface area is 176 Å². The number of rotatable bonds is 6. The van der Waals surface area contributed by atoms with E-state index in [2.05, 4.69) is 15.6 Å². The summed E-state index contributed by atoms with van der Waals surface area (Å²) < 4.78 is 13.0. The molecule has 4 aromatic rings. The van der Waals surface area contributed by atoms with Crippen molar-refractivity contribution in [3.05, 3.63) is 89.2 Å². The average molecular weight is 419 g/mol. The second kappa shape index (κ2) is 8.84. The molecule has 0 bridgehead atoms. The van der Waals surface area contributed by atoms with Crippen LogP contribution < -0.4 is 10.6 Å². The van der Waals surface area contributed by atoms with Crippen molar-refractivity contribution >= 4 is 44.7 Å². The van der Waals surface area contributed by atoms with Crippen LogP contribution in [0, 0.1) is 5.82 Å². The lowest BCUT2D eigenvalue weighted by Crippen LogP contribution is -2.13. The van der Waals surface area contributed by atoms with E-state index in [1.807, 2.05) is 47.8 Å². The number of fused-ring (bicyclic) bond motifs is 1. The second-order valence-electron chi connectivity index (χ2n) is 6.68. The van der Waals surface area contributed by atoms with Crippen LogP contribution in [0.4, 0.5) is 15.2 Å². The van der Waals surface area contributed by atoms with Gasteiger partial charge >= 0.3 is 0 Å². The lowest BCUT2D eigenvalue weighted by molar-refractivity contribution is -0.116. The third-order valence-electron chi connectivity index (χ3n) is 4.55. The Morgan fingerprint density at radius 2 is 1.70 bits per heavy atom. The summed E-state index contributed by atoms with van der Waals surface area (Å²) in [5.74, 6) is -0.856. The molecule has 0 saturated heterocycles. The van der Waals surface area contributed by atoms with Crippen LogP contribution in [0.25, 0.3) is 10.8 Å². The molecule has 0 saturated carbocycles. The molecule has 2 amide bonds. The van der Waals surface area contributed by atoms with Gasteiger partial charge in [-0.05, 0) is 42.1 Å². The summed E-state index contributed by atoms with van der Waals surface area (Å²) in [5, 5.41) is 9.96. The van der Waals surface area contributed by atoms with Gasteiger partial charge < -0.3 is 5.32 Å². The molecule has 0 aliphatic heterocycles. The highest BCUT2D eigenvalue weighted by molar-refractivity contribution is 7.14. The number of amides is 2. The zero-order valence-electron chi connectivity index (χ0n) is 15.9. The van der Waals surface area contributed by atoms with Gasteiger partial charge in [0, 0.05) is 28.4 Å². The first-order valence-electron chi connectivity index (χ1n) is 9.37. The van der Waals surface area contributed by atoms with E-state index >= 15 is 0 Å². The number of nitrogens with zero attached hydrogens (tertiary/aromatic N) is 1. The Morgan fingerprint density at radius 1 is 0.933 bits per heavy atom. The predicted molar refractivity (Wildman–Crippen MR) is 117 cm³/mol. The van der Waals surface area contributed by atoms with Crippen LogP contribution in [-0.4, -0.2) is 16.8 Å². The van der Waals surface area contributed by atoms with E-state index in [1.54, 1.807) is 0 Å². The van der Waals surface area contributed by atoms with Gasteiger partial charge in [-0.3, -0.25) is 14.9 Å². The third-order valence-corrected chi connectivity index (χ3v) is 5.36. The molecule has 0 unspecified atom stereocenters. The van der Waals surface area contributed by atoms with Gasteiger partial charge in [0.05, 0.1) is 5.69 Å². The van der Waals surface area contributed by atoms with Crippen molar-refractivity contribution in [2.45, 2.75) is 12.8 Å². The lowest BCUT2D eigenvalue weighted by atomic mass is 10.1. The van der Waals surface area contributed by atoms with Crippen LogP contribution in [-0.2, 0) is 11.2 Å². The van der Waals surface area contributed by atoms with Crippen molar-refractivity contribution in [3.8, 4) is 0 Å². The number of thiazole rings is 1. The van der Waals surface area contributed by atoms with Crippen molar-refractivity contribution in [2.75, 3.05) is 10.6 Å². The van der Waals surface area contributed by atoms with E-state index in [0.29, 0.717) is 17.1 Å². The molecule has 0 atom stereocenters. The van der Waals surface area contributed by atoms with E-state index in [9.17, 15) is 14.0 Å². The number of halogens is 1. The van der Waals surface area contributed by atoms with Gasteiger partial charge in [-0.2, -0.15) is 0 Å². The van der Waals surface area contributed by atoms with E-state index in [4.69, 9.17) is 0 Å². The van der Waals surface area contributed by atoms with Gasteiger partial charge in [0.25, 0.3) is 5.91 Å². The van der Waals surface area contributed by atoms with Crippen molar-refractivity contribution in [3.63, 3.8) is 0 Å². The van der Waals surface area contributed by atoms with Crippen molar-refractivity contribution in [2.24, 2.45) is 0 Å². The minimum absolute atomic E-state index is 0.101. The van der Waals surface area contributed by atoms with Crippen LogP contribution in [0.3, 0.4) is 0 Å². The summed E-state index contributed by atoms with van der Waals surface area (Å²) in [5.41, 5.74) is 1.86. The lowest BCUT2D eigenvalue weighted by Gasteiger charge is -2.08. The summed E-state index contributed by atoms with van der Waals surface area (Å²) in [7, 11) is 0. The molecule has 7 heteroatoms. The zero-order chi connectivity index (χ0) is 20.9. The molecule has 3 aromatic carbocycles. The fourth-order valence-electron chi connectivity index (χ4n) is 3.04. The number of aromatic nitrogens is 1. The van der Waals surface area contributed by atoms with Gasteiger partial charge in [-0.1, -0.05) is 36.4 Å². The summed E-state index contributed by atoms with van der Waals surface area (Å²) in [4.78, 5) is 28.9. The summed E-state index contributed by atoms with van der Waals surface area (Å²) >= 11 is 1.28. The molecule has 5 nitrogen and oxygen atoms in total. The Bertz CT molecular complexity index is 1200. The number of anilines is 2. The number of hydrogen-bond donors (Lipinski definition) is 2. The van der Waals surface area contributed by atoms with Gasteiger partial charge in [-0.25, -0.2) is 9.37 Å². The number of aryl methyl sites for hydroxylation is 1. The first-order chi connectivity index (χ1) is 14.6. The molecule has 4 rings (SSSR count). The third kappa shape index (κ3) is 4.69. The number of benzene rings is 3. The normalized spacial score (nSPS) is 10.7. The van der Waals surface area contributed by atoms with Gasteiger partial charge in [-0.15, -0.1) is 11.3 Å². The molecular weight excluding hydrogens is 401 g/mol. The van der Waals surface area contributed by atoms with Crippen LogP contribution >= 0.6 is 11.3 Å². The Hall–Kier alpha value is -3.58.